The fourth-order valence-corrected chi connectivity index (χ4v) is 3.90. The Morgan fingerprint density at radius 3 is 1.92 bits per heavy atom. The Labute approximate surface area is 210 Å². The lowest BCUT2D eigenvalue weighted by Crippen LogP contribution is -2.20. The average Bonchev–Trinajstić information content (AvgIpc) is 2.94. The van der Waals surface area contributed by atoms with Crippen LogP contribution in [0.2, 0.25) is 0 Å². The van der Waals surface area contributed by atoms with Crippen molar-refractivity contribution in [3.05, 3.63) is 125 Å². The summed E-state index contributed by atoms with van der Waals surface area (Å²) >= 11 is 0. The molecule has 0 aromatic heterocycles. The number of benzene rings is 4. The van der Waals surface area contributed by atoms with E-state index in [9.17, 15) is 10.1 Å². The molecule has 0 saturated carbocycles. The summed E-state index contributed by atoms with van der Waals surface area (Å²) in [6.45, 7) is 0. The van der Waals surface area contributed by atoms with Crippen molar-refractivity contribution in [3.8, 4) is 23.3 Å². The Bertz CT molecular complexity index is 1350. The SMILES string of the molecule is COc1ccc(/C(C#N)=C\c2ccc(OC(=O)C(c3ccccc3)c3ccccc3)c(OC)c2)cc1. The Hall–Kier alpha value is -4.82. The number of ether oxygens (including phenoxy) is 3. The molecule has 0 spiro atoms. The fourth-order valence-electron chi connectivity index (χ4n) is 3.90. The Morgan fingerprint density at radius 1 is 0.778 bits per heavy atom. The summed E-state index contributed by atoms with van der Waals surface area (Å²) in [5, 5.41) is 9.69. The Balaban J connectivity index is 1.62. The molecule has 0 radical (unpaired) electrons. The molecule has 0 N–H and O–H groups in total. The lowest BCUT2D eigenvalue weighted by molar-refractivity contribution is -0.135. The predicted molar refractivity (Wildman–Crippen MR) is 140 cm³/mol. The first-order valence-electron chi connectivity index (χ1n) is 11.4. The third-order valence-electron chi connectivity index (χ3n) is 5.73. The van der Waals surface area contributed by atoms with E-state index < -0.39 is 11.9 Å². The molecule has 4 rings (SSSR count). The molecule has 0 heterocycles. The second kappa shape index (κ2) is 11.5. The molecule has 0 aliphatic rings. The van der Waals surface area contributed by atoms with Gasteiger partial charge in [0.2, 0.25) is 0 Å². The van der Waals surface area contributed by atoms with E-state index >= 15 is 0 Å². The number of esters is 1. The highest BCUT2D eigenvalue weighted by Crippen LogP contribution is 2.33. The third-order valence-corrected chi connectivity index (χ3v) is 5.73. The van der Waals surface area contributed by atoms with Gasteiger partial charge in [-0.1, -0.05) is 66.7 Å². The molecule has 4 aromatic rings. The molecule has 36 heavy (non-hydrogen) atoms. The van der Waals surface area contributed by atoms with Crippen LogP contribution < -0.4 is 14.2 Å². The number of methoxy groups -OCH3 is 2. The zero-order valence-corrected chi connectivity index (χ0v) is 20.0. The van der Waals surface area contributed by atoms with E-state index in [0.29, 0.717) is 22.8 Å². The molecule has 0 amide bonds. The minimum atomic E-state index is -0.586. The minimum absolute atomic E-state index is 0.305. The molecular formula is C31H25NO4. The highest BCUT2D eigenvalue weighted by Gasteiger charge is 2.25. The van der Waals surface area contributed by atoms with E-state index in [2.05, 4.69) is 6.07 Å². The first-order chi connectivity index (χ1) is 17.6. The van der Waals surface area contributed by atoms with Gasteiger partial charge in [-0.2, -0.15) is 5.26 Å². The molecule has 4 aromatic carbocycles. The molecule has 5 nitrogen and oxygen atoms in total. The summed E-state index contributed by atoms with van der Waals surface area (Å²) in [7, 11) is 3.11. The molecule has 0 bridgehead atoms. The monoisotopic (exact) mass is 475 g/mol. The van der Waals surface area contributed by atoms with Gasteiger partial charge >= 0.3 is 5.97 Å². The van der Waals surface area contributed by atoms with Crippen molar-refractivity contribution in [2.24, 2.45) is 0 Å². The van der Waals surface area contributed by atoms with Crippen LogP contribution in [0.3, 0.4) is 0 Å². The van der Waals surface area contributed by atoms with Crippen LogP contribution >= 0.6 is 0 Å². The van der Waals surface area contributed by atoms with Gasteiger partial charge in [0.25, 0.3) is 0 Å². The lowest BCUT2D eigenvalue weighted by atomic mass is 9.91. The fraction of sp³-hybridized carbons (Fsp3) is 0.0968. The highest BCUT2D eigenvalue weighted by molar-refractivity contribution is 5.90. The highest BCUT2D eigenvalue weighted by atomic mass is 16.6. The maximum absolute atomic E-state index is 13.4. The van der Waals surface area contributed by atoms with E-state index in [4.69, 9.17) is 14.2 Å². The molecule has 0 aliphatic heterocycles. The van der Waals surface area contributed by atoms with Gasteiger partial charge in [0, 0.05) is 0 Å². The predicted octanol–water partition coefficient (Wildman–Crippen LogP) is 6.51. The van der Waals surface area contributed by atoms with Gasteiger partial charge in [-0.3, -0.25) is 4.79 Å². The molecule has 0 unspecified atom stereocenters. The number of allylic oxidation sites excluding steroid dienone is 1. The van der Waals surface area contributed by atoms with Crippen LogP contribution in [-0.4, -0.2) is 20.2 Å². The van der Waals surface area contributed by atoms with E-state index in [1.54, 1.807) is 43.5 Å². The lowest BCUT2D eigenvalue weighted by Gasteiger charge is -2.18. The number of carbonyl (C=O) groups is 1. The second-order valence-electron chi connectivity index (χ2n) is 7.98. The summed E-state index contributed by atoms with van der Waals surface area (Å²) in [6, 6.07) is 33.8. The van der Waals surface area contributed by atoms with Crippen LogP contribution in [0.15, 0.2) is 103 Å². The minimum Gasteiger partial charge on any atom is -0.497 e. The topological polar surface area (TPSA) is 68.5 Å². The standard InChI is InChI=1S/C31H25NO4/c1-34-27-16-14-23(15-17-27)26(21-32)19-22-13-18-28(29(20-22)35-2)36-31(33)30(24-9-5-3-6-10-24)25-11-7-4-8-12-25/h3-20,30H,1-2H3/b26-19-. The zero-order chi connectivity index (χ0) is 25.3. The van der Waals surface area contributed by atoms with Crippen LogP contribution in [0.1, 0.15) is 28.2 Å². The summed E-state index contributed by atoms with van der Waals surface area (Å²) in [4.78, 5) is 13.4. The van der Waals surface area contributed by atoms with Crippen molar-refractivity contribution in [3.63, 3.8) is 0 Å². The number of hydrogen-bond acceptors (Lipinski definition) is 5. The average molecular weight is 476 g/mol. The normalized spacial score (nSPS) is 11.0. The van der Waals surface area contributed by atoms with Gasteiger partial charge in [-0.05, 0) is 64.7 Å². The maximum atomic E-state index is 13.4. The molecular weight excluding hydrogens is 450 g/mol. The summed E-state index contributed by atoms with van der Waals surface area (Å²) < 4.78 is 16.6. The van der Waals surface area contributed by atoms with Gasteiger partial charge in [0.1, 0.15) is 11.7 Å². The molecule has 0 saturated heterocycles. The van der Waals surface area contributed by atoms with Crippen molar-refractivity contribution in [1.82, 2.24) is 0 Å². The summed E-state index contributed by atoms with van der Waals surface area (Å²) in [5.74, 6) is 0.415. The summed E-state index contributed by atoms with van der Waals surface area (Å²) in [5.41, 5.74) is 3.66. The number of carbonyl (C=O) groups excluding carboxylic acids is 1. The number of hydrogen-bond donors (Lipinski definition) is 0. The van der Waals surface area contributed by atoms with Gasteiger partial charge in [0.05, 0.1) is 25.9 Å². The Morgan fingerprint density at radius 2 is 1.39 bits per heavy atom. The van der Waals surface area contributed by atoms with Crippen LogP contribution in [-0.2, 0) is 4.79 Å². The largest absolute Gasteiger partial charge is 0.497 e. The zero-order valence-electron chi connectivity index (χ0n) is 20.0. The van der Waals surface area contributed by atoms with Crippen molar-refractivity contribution >= 4 is 17.6 Å². The first kappa shape index (κ1) is 24.3. The van der Waals surface area contributed by atoms with Gasteiger partial charge in [0.15, 0.2) is 11.5 Å². The van der Waals surface area contributed by atoms with Crippen molar-refractivity contribution in [1.29, 1.82) is 5.26 Å². The number of nitriles is 1. The number of rotatable bonds is 8. The molecule has 0 aliphatic carbocycles. The van der Waals surface area contributed by atoms with Crippen molar-refractivity contribution < 1.29 is 19.0 Å². The van der Waals surface area contributed by atoms with Crippen molar-refractivity contribution in [2.45, 2.75) is 5.92 Å². The Kier molecular flexibility index (Phi) is 7.80. The third kappa shape index (κ3) is 5.63. The van der Waals surface area contributed by atoms with Crippen LogP contribution in [0, 0.1) is 11.3 Å². The smallest absolute Gasteiger partial charge is 0.323 e. The van der Waals surface area contributed by atoms with Gasteiger partial charge < -0.3 is 14.2 Å². The summed E-state index contributed by atoms with van der Waals surface area (Å²) in [6.07, 6.45) is 1.76. The van der Waals surface area contributed by atoms with Crippen molar-refractivity contribution in [2.75, 3.05) is 14.2 Å². The van der Waals surface area contributed by atoms with Crippen LogP contribution in [0.25, 0.3) is 11.6 Å². The van der Waals surface area contributed by atoms with Gasteiger partial charge in [-0.25, -0.2) is 0 Å². The quantitative estimate of drug-likeness (QED) is 0.126. The van der Waals surface area contributed by atoms with Crippen LogP contribution in [0.4, 0.5) is 0 Å². The molecule has 0 atom stereocenters. The molecule has 5 heteroatoms. The molecule has 0 fully saturated rings. The molecule has 178 valence electrons. The maximum Gasteiger partial charge on any atom is 0.323 e. The van der Waals surface area contributed by atoms with E-state index in [1.165, 1.54) is 7.11 Å². The number of nitrogens with zero attached hydrogens (tertiary/aromatic N) is 1. The second-order valence-corrected chi connectivity index (χ2v) is 7.98. The van der Waals surface area contributed by atoms with E-state index in [0.717, 1.165) is 22.3 Å². The van der Waals surface area contributed by atoms with E-state index in [1.807, 2.05) is 72.8 Å². The first-order valence-corrected chi connectivity index (χ1v) is 11.4. The van der Waals surface area contributed by atoms with Gasteiger partial charge in [-0.15, -0.1) is 0 Å². The van der Waals surface area contributed by atoms with Crippen LogP contribution in [0.5, 0.6) is 17.2 Å². The van der Waals surface area contributed by atoms with E-state index in [-0.39, 0.29) is 0 Å².